The molecule has 3 N–H and O–H groups in total. The highest BCUT2D eigenvalue weighted by Crippen LogP contribution is 2.05. The number of ether oxygens (including phenoxy) is 3. The predicted molar refractivity (Wildman–Crippen MR) is 102 cm³/mol. The van der Waals surface area contributed by atoms with Crippen LogP contribution in [0.25, 0.3) is 0 Å². The van der Waals surface area contributed by atoms with Crippen LogP contribution in [0.2, 0.25) is 0 Å². The van der Waals surface area contributed by atoms with Crippen LogP contribution in [0.4, 0.5) is 4.79 Å². The SMILES string of the molecule is COC(=O)CC[C@H](NC(=O)N[C@@H](CCCCNC(C)C)C(=O)OC)C(=O)OC. The number of urea groups is 1. The first kappa shape index (κ1) is 25.6. The molecule has 0 aliphatic heterocycles. The van der Waals surface area contributed by atoms with Crippen molar-refractivity contribution in [1.29, 1.82) is 0 Å². The van der Waals surface area contributed by atoms with Gasteiger partial charge < -0.3 is 30.2 Å². The van der Waals surface area contributed by atoms with Crippen molar-refractivity contribution in [1.82, 2.24) is 16.0 Å². The lowest BCUT2D eigenvalue weighted by molar-refractivity contribution is -0.144. The molecule has 0 aromatic rings. The maximum atomic E-state index is 12.2. The molecule has 0 bridgehead atoms. The molecular weight excluding hydrogens is 370 g/mol. The second-order valence-electron chi connectivity index (χ2n) is 6.49. The van der Waals surface area contributed by atoms with Gasteiger partial charge in [-0.1, -0.05) is 13.8 Å². The van der Waals surface area contributed by atoms with Crippen LogP contribution in [0.3, 0.4) is 0 Å². The molecule has 0 aliphatic carbocycles. The van der Waals surface area contributed by atoms with Gasteiger partial charge in [-0.05, 0) is 32.2 Å². The van der Waals surface area contributed by atoms with E-state index < -0.39 is 36.0 Å². The average molecular weight is 403 g/mol. The molecule has 0 aromatic heterocycles. The summed E-state index contributed by atoms with van der Waals surface area (Å²) in [6.45, 7) is 4.89. The number of rotatable bonds is 13. The number of hydrogen-bond acceptors (Lipinski definition) is 8. The maximum absolute atomic E-state index is 12.2. The lowest BCUT2D eigenvalue weighted by Crippen LogP contribution is -2.51. The monoisotopic (exact) mass is 403 g/mol. The Labute approximate surface area is 166 Å². The molecule has 0 fully saturated rings. The van der Waals surface area contributed by atoms with Crippen molar-refractivity contribution in [3.63, 3.8) is 0 Å². The van der Waals surface area contributed by atoms with Gasteiger partial charge in [0.15, 0.2) is 0 Å². The first-order chi connectivity index (χ1) is 13.2. The average Bonchev–Trinajstić information content (AvgIpc) is 2.67. The van der Waals surface area contributed by atoms with Gasteiger partial charge >= 0.3 is 23.9 Å². The van der Waals surface area contributed by atoms with Gasteiger partial charge in [-0.3, -0.25) is 4.79 Å². The van der Waals surface area contributed by atoms with Crippen molar-refractivity contribution in [2.75, 3.05) is 27.9 Å². The highest BCUT2D eigenvalue weighted by Gasteiger charge is 2.26. The molecule has 0 aliphatic rings. The summed E-state index contributed by atoms with van der Waals surface area (Å²) >= 11 is 0. The standard InChI is InChI=1S/C18H33N3O7/c1-12(2)19-11-7-6-8-13(16(23)27-4)20-18(25)21-14(17(24)28-5)9-10-15(22)26-3/h12-14,19H,6-11H2,1-5H3,(H2,20,21,25)/t13-,14-/m0/s1. The van der Waals surface area contributed by atoms with Crippen LogP contribution in [-0.4, -0.2) is 69.9 Å². The van der Waals surface area contributed by atoms with E-state index in [4.69, 9.17) is 4.74 Å². The van der Waals surface area contributed by atoms with Crippen molar-refractivity contribution >= 4 is 23.9 Å². The van der Waals surface area contributed by atoms with Gasteiger partial charge in [-0.25, -0.2) is 14.4 Å². The van der Waals surface area contributed by atoms with Crippen LogP contribution >= 0.6 is 0 Å². The summed E-state index contributed by atoms with van der Waals surface area (Å²) in [5.41, 5.74) is 0. The molecule has 0 aromatic carbocycles. The molecule has 10 heteroatoms. The Hall–Kier alpha value is -2.36. The van der Waals surface area contributed by atoms with Gasteiger partial charge in [-0.2, -0.15) is 0 Å². The molecule has 28 heavy (non-hydrogen) atoms. The highest BCUT2D eigenvalue weighted by molar-refractivity contribution is 5.87. The third-order valence-corrected chi connectivity index (χ3v) is 3.92. The summed E-state index contributed by atoms with van der Waals surface area (Å²) in [5.74, 6) is -1.79. The van der Waals surface area contributed by atoms with E-state index >= 15 is 0 Å². The van der Waals surface area contributed by atoms with Gasteiger partial charge in [0.1, 0.15) is 12.1 Å². The first-order valence-electron chi connectivity index (χ1n) is 9.28. The molecular formula is C18H33N3O7. The number of nitrogens with one attached hydrogen (secondary N) is 3. The Bertz CT molecular complexity index is 511. The number of carbonyl (C=O) groups is 4. The van der Waals surface area contributed by atoms with Crippen LogP contribution in [0.5, 0.6) is 0 Å². The normalized spacial score (nSPS) is 12.6. The minimum absolute atomic E-state index is 0.0104. The van der Waals surface area contributed by atoms with E-state index in [1.807, 2.05) is 13.8 Å². The van der Waals surface area contributed by atoms with E-state index in [-0.39, 0.29) is 12.8 Å². The lowest BCUT2D eigenvalue weighted by Gasteiger charge is -2.20. The van der Waals surface area contributed by atoms with Crippen LogP contribution in [0.1, 0.15) is 46.0 Å². The quantitative estimate of drug-likeness (QED) is 0.230. The van der Waals surface area contributed by atoms with Crippen LogP contribution < -0.4 is 16.0 Å². The third-order valence-electron chi connectivity index (χ3n) is 3.92. The molecule has 2 amide bonds. The summed E-state index contributed by atoms with van der Waals surface area (Å²) in [4.78, 5) is 47.2. The third kappa shape index (κ3) is 11.4. The number of esters is 3. The fourth-order valence-corrected chi connectivity index (χ4v) is 2.37. The van der Waals surface area contributed by atoms with Crippen LogP contribution in [-0.2, 0) is 28.6 Å². The zero-order chi connectivity index (χ0) is 21.5. The Morgan fingerprint density at radius 2 is 1.32 bits per heavy atom. The van der Waals surface area contributed by atoms with E-state index in [2.05, 4.69) is 25.4 Å². The van der Waals surface area contributed by atoms with Gasteiger partial charge in [0.05, 0.1) is 21.3 Å². The Balaban J connectivity index is 4.68. The lowest BCUT2D eigenvalue weighted by atomic mass is 10.1. The van der Waals surface area contributed by atoms with E-state index in [0.29, 0.717) is 18.9 Å². The first-order valence-corrected chi connectivity index (χ1v) is 9.28. The highest BCUT2D eigenvalue weighted by atomic mass is 16.5. The molecule has 162 valence electrons. The number of methoxy groups -OCH3 is 3. The molecule has 0 saturated carbocycles. The molecule has 0 radical (unpaired) electrons. The number of carbonyl (C=O) groups excluding carboxylic acids is 4. The fraction of sp³-hybridized carbons (Fsp3) is 0.778. The molecule has 0 heterocycles. The molecule has 0 saturated heterocycles. The predicted octanol–water partition coefficient (Wildman–Crippen LogP) is 0.490. The van der Waals surface area contributed by atoms with Crippen molar-refractivity contribution in [2.24, 2.45) is 0 Å². The largest absolute Gasteiger partial charge is 0.469 e. The fourth-order valence-electron chi connectivity index (χ4n) is 2.37. The zero-order valence-electron chi connectivity index (χ0n) is 17.3. The summed E-state index contributed by atoms with van der Waals surface area (Å²) in [7, 11) is 3.64. The second-order valence-corrected chi connectivity index (χ2v) is 6.49. The zero-order valence-corrected chi connectivity index (χ0v) is 17.3. The van der Waals surface area contributed by atoms with E-state index in [9.17, 15) is 19.2 Å². The second kappa shape index (κ2) is 14.7. The van der Waals surface area contributed by atoms with Crippen LogP contribution in [0.15, 0.2) is 0 Å². The van der Waals surface area contributed by atoms with Gasteiger partial charge in [0.25, 0.3) is 0 Å². The Kier molecular flexibility index (Phi) is 13.4. The van der Waals surface area contributed by atoms with Gasteiger partial charge in [-0.15, -0.1) is 0 Å². The Morgan fingerprint density at radius 1 is 0.786 bits per heavy atom. The maximum Gasteiger partial charge on any atom is 0.328 e. The van der Waals surface area contributed by atoms with E-state index in [1.165, 1.54) is 21.3 Å². The van der Waals surface area contributed by atoms with E-state index in [0.717, 1.165) is 13.0 Å². The number of unbranched alkanes of at least 4 members (excludes halogenated alkanes) is 1. The number of amides is 2. The van der Waals surface area contributed by atoms with Crippen molar-refractivity contribution < 1.29 is 33.4 Å². The summed E-state index contributed by atoms with van der Waals surface area (Å²) in [6.07, 6.45) is 1.86. The minimum Gasteiger partial charge on any atom is -0.469 e. The van der Waals surface area contributed by atoms with Crippen molar-refractivity contribution in [3.8, 4) is 0 Å². The summed E-state index contributed by atoms with van der Waals surface area (Å²) in [5, 5.41) is 8.20. The van der Waals surface area contributed by atoms with E-state index in [1.54, 1.807) is 0 Å². The Morgan fingerprint density at radius 3 is 1.79 bits per heavy atom. The molecule has 2 atom stereocenters. The smallest absolute Gasteiger partial charge is 0.328 e. The molecule has 0 spiro atoms. The van der Waals surface area contributed by atoms with Crippen molar-refractivity contribution in [3.05, 3.63) is 0 Å². The summed E-state index contributed by atoms with van der Waals surface area (Å²) < 4.78 is 13.9. The minimum atomic E-state index is -1.04. The summed E-state index contributed by atoms with van der Waals surface area (Å²) in [6, 6.07) is -2.24. The van der Waals surface area contributed by atoms with Gasteiger partial charge in [0, 0.05) is 12.5 Å². The van der Waals surface area contributed by atoms with Crippen molar-refractivity contribution in [2.45, 2.75) is 64.1 Å². The van der Waals surface area contributed by atoms with Gasteiger partial charge in [0.2, 0.25) is 0 Å². The molecule has 0 rings (SSSR count). The molecule has 10 nitrogen and oxygen atoms in total. The number of hydrogen-bond donors (Lipinski definition) is 3. The topological polar surface area (TPSA) is 132 Å². The molecule has 0 unspecified atom stereocenters. The van der Waals surface area contributed by atoms with Crippen LogP contribution in [0, 0.1) is 0 Å².